The number of rotatable bonds is 10. The summed E-state index contributed by atoms with van der Waals surface area (Å²) in [5.74, 6) is 0. The second-order valence-corrected chi connectivity index (χ2v) is 36.2. The zero-order valence-corrected chi connectivity index (χ0v) is 75.3. The molecule has 139 heavy (non-hydrogen) atoms. The standard InChI is InChI=1S/C52H32O.C46H28O.C38H24O/c1-2-13-35-29-38(24-23-33(35)11-1)36-15-9-16-37(30-36)39-25-27-42-48-31-40(26-28-49(48)53-50(42)32-39)51-44-18-5-7-20-46(44)52(47-21-8-6-19-45(47)51)43-22-10-14-34-12-3-4-17-41(34)43;1-2-13-31-27-32(24-23-29(31)11-1)44-37-16-5-7-18-39(37)45(40-19-8-6-17-38(40)44)33-25-26-42-41(28-33)46-36(21-10-22-43(46)47-42)35-20-9-14-30-12-3-4-15-34(30)35;1-3-11-25(12-4-1)27-19-21-35-33(23-27)34-24-28(20-22-36(34)39-35)38-31-17-9-7-15-29(31)37(26-13-5-2-6-14-26)30-16-8-10-18-32(30)38/h1-32H;1-28H;1-24H/i;;2D,5D,6D,13D,14D. The van der Waals surface area contributed by atoms with Gasteiger partial charge >= 0.3 is 0 Å². The van der Waals surface area contributed by atoms with E-state index in [1.165, 1.54) is 159 Å². The quantitative estimate of drug-likeness (QED) is 0.128. The first kappa shape index (κ1) is 75.2. The Balaban J connectivity index is 0.000000108. The molecule has 3 nitrogen and oxygen atoms in total. The monoisotopic (exact) mass is 1770 g/mol. The number of furan rings is 3. The van der Waals surface area contributed by atoms with E-state index < -0.39 is 6.04 Å². The van der Waals surface area contributed by atoms with E-state index in [0.29, 0.717) is 5.56 Å². The summed E-state index contributed by atoms with van der Waals surface area (Å²) in [5, 5.41) is 30.1. The van der Waals surface area contributed by atoms with E-state index in [0.717, 1.165) is 115 Å². The van der Waals surface area contributed by atoms with Gasteiger partial charge in [0.05, 0.1) is 6.85 Å². The Bertz CT molecular complexity index is 10200. The summed E-state index contributed by atoms with van der Waals surface area (Å²) in [7, 11) is 0. The molecule has 26 aromatic carbocycles. The summed E-state index contributed by atoms with van der Waals surface area (Å²) in [6, 6.07) is 169. The second-order valence-electron chi connectivity index (χ2n) is 36.2. The molecule has 0 bridgehead atoms. The van der Waals surface area contributed by atoms with E-state index in [-0.39, 0.29) is 29.7 Å². The smallest absolute Gasteiger partial charge is 0.136 e. The fraction of sp³-hybridized carbons (Fsp3) is 0. The summed E-state index contributed by atoms with van der Waals surface area (Å²) >= 11 is 0. The summed E-state index contributed by atoms with van der Waals surface area (Å²) in [6.45, 7) is 0. The maximum atomic E-state index is 8.79. The van der Waals surface area contributed by atoms with Crippen molar-refractivity contribution < 1.29 is 20.1 Å². The van der Waals surface area contributed by atoms with Gasteiger partial charge in [-0.05, 0) is 304 Å². The second kappa shape index (κ2) is 33.4. The molecule has 0 aliphatic heterocycles. The zero-order chi connectivity index (χ0) is 95.9. The fourth-order valence-corrected chi connectivity index (χ4v) is 22.1. The lowest BCUT2D eigenvalue weighted by Gasteiger charge is -2.18. The molecule has 3 heteroatoms. The van der Waals surface area contributed by atoms with Gasteiger partial charge in [-0.2, -0.15) is 0 Å². The Labute approximate surface area is 808 Å². The molecule has 0 saturated heterocycles. The minimum atomic E-state index is -0.398. The van der Waals surface area contributed by atoms with Crippen LogP contribution in [0.4, 0.5) is 0 Å². The van der Waals surface area contributed by atoms with Gasteiger partial charge in [0, 0.05) is 32.3 Å². The fourth-order valence-electron chi connectivity index (χ4n) is 22.1. The van der Waals surface area contributed by atoms with E-state index in [2.05, 4.69) is 400 Å². The lowest BCUT2D eigenvalue weighted by molar-refractivity contribution is 0.668. The topological polar surface area (TPSA) is 39.4 Å². The summed E-state index contributed by atoms with van der Waals surface area (Å²) in [4.78, 5) is 0. The zero-order valence-electron chi connectivity index (χ0n) is 80.3. The van der Waals surface area contributed by atoms with E-state index >= 15 is 0 Å². The molecule has 0 radical (unpaired) electrons. The molecule has 29 rings (SSSR count). The number of benzene rings is 26. The minimum absolute atomic E-state index is 0.208. The minimum Gasteiger partial charge on any atom is -0.456 e. The first-order valence-electron chi connectivity index (χ1n) is 49.9. The molecular formula is C136H84O3. The van der Waals surface area contributed by atoms with Crippen molar-refractivity contribution in [2.75, 3.05) is 0 Å². The van der Waals surface area contributed by atoms with Crippen LogP contribution in [0, 0.1) is 0 Å². The lowest BCUT2D eigenvalue weighted by atomic mass is 9.84. The van der Waals surface area contributed by atoms with Crippen LogP contribution in [0.2, 0.25) is 0 Å². The van der Waals surface area contributed by atoms with E-state index in [9.17, 15) is 0 Å². The lowest BCUT2D eigenvalue weighted by Crippen LogP contribution is -1.91. The molecule has 0 N–H and O–H groups in total. The Morgan fingerprint density at radius 1 is 0.129 bits per heavy atom. The Hall–Kier alpha value is -18.3. The molecule has 0 spiro atoms. The van der Waals surface area contributed by atoms with Crippen LogP contribution in [0.3, 0.4) is 0 Å². The third-order valence-corrected chi connectivity index (χ3v) is 28.4. The van der Waals surface area contributed by atoms with Crippen molar-refractivity contribution in [3.63, 3.8) is 0 Å². The average Bonchev–Trinajstić information content (AvgIpc) is 1.12. The van der Waals surface area contributed by atoms with Crippen LogP contribution < -0.4 is 0 Å². The Morgan fingerprint density at radius 3 is 0.928 bits per heavy atom. The van der Waals surface area contributed by atoms with Crippen LogP contribution in [0.5, 0.6) is 0 Å². The van der Waals surface area contributed by atoms with Gasteiger partial charge in [-0.25, -0.2) is 0 Å². The van der Waals surface area contributed by atoms with Gasteiger partial charge in [0.15, 0.2) is 0 Å². The van der Waals surface area contributed by atoms with Crippen LogP contribution >= 0.6 is 0 Å². The highest BCUT2D eigenvalue weighted by atomic mass is 16.3. The molecule has 0 atom stereocenters. The van der Waals surface area contributed by atoms with Crippen LogP contribution in [0.15, 0.2) is 523 Å². The van der Waals surface area contributed by atoms with Crippen LogP contribution in [0.1, 0.15) is 6.85 Å². The highest BCUT2D eigenvalue weighted by Gasteiger charge is 2.25. The van der Waals surface area contributed by atoms with Gasteiger partial charge in [0.1, 0.15) is 33.5 Å². The van der Waals surface area contributed by atoms with Crippen molar-refractivity contribution in [1.82, 2.24) is 0 Å². The molecule has 3 heterocycles. The molecule has 3 aromatic heterocycles. The maximum Gasteiger partial charge on any atom is 0.136 e. The van der Waals surface area contributed by atoms with Crippen molar-refractivity contribution >= 4 is 174 Å². The maximum absolute atomic E-state index is 8.79. The molecule has 0 unspecified atom stereocenters. The van der Waals surface area contributed by atoms with Crippen molar-refractivity contribution in [3.05, 3.63) is 509 Å². The molecule has 0 saturated carbocycles. The molecular weight excluding hydrogens is 1680 g/mol. The molecule has 0 fully saturated rings. The highest BCUT2D eigenvalue weighted by molar-refractivity contribution is 6.28. The Morgan fingerprint density at radius 2 is 0.424 bits per heavy atom. The van der Waals surface area contributed by atoms with Crippen LogP contribution in [-0.4, -0.2) is 0 Å². The third kappa shape index (κ3) is 13.8. The van der Waals surface area contributed by atoms with Gasteiger partial charge < -0.3 is 13.3 Å². The van der Waals surface area contributed by atoms with Gasteiger partial charge in [-0.1, -0.05) is 425 Å². The van der Waals surface area contributed by atoms with Crippen LogP contribution in [0.25, 0.3) is 285 Å². The van der Waals surface area contributed by atoms with Gasteiger partial charge in [-0.15, -0.1) is 0 Å². The van der Waals surface area contributed by atoms with Gasteiger partial charge in [-0.3, -0.25) is 0 Å². The van der Waals surface area contributed by atoms with Crippen molar-refractivity contribution in [2.24, 2.45) is 0 Å². The van der Waals surface area contributed by atoms with Gasteiger partial charge in [0.2, 0.25) is 0 Å². The molecule has 0 aliphatic rings. The Kier molecular flexibility index (Phi) is 18.1. The van der Waals surface area contributed by atoms with E-state index in [1.807, 2.05) is 78.9 Å². The van der Waals surface area contributed by atoms with E-state index in [1.54, 1.807) is 0 Å². The van der Waals surface area contributed by atoms with Crippen molar-refractivity contribution in [2.45, 2.75) is 0 Å². The van der Waals surface area contributed by atoms with Crippen molar-refractivity contribution in [3.8, 4) is 111 Å². The van der Waals surface area contributed by atoms with Crippen molar-refractivity contribution in [1.29, 1.82) is 0 Å². The number of fused-ring (bicyclic) bond motifs is 19. The first-order chi connectivity index (χ1) is 71.0. The summed E-state index contributed by atoms with van der Waals surface area (Å²) < 4.78 is 61.7. The molecule has 0 aliphatic carbocycles. The first-order valence-corrected chi connectivity index (χ1v) is 47.4. The predicted octanol–water partition coefficient (Wildman–Crippen LogP) is 39.0. The molecule has 29 aromatic rings. The predicted molar refractivity (Wildman–Crippen MR) is 591 cm³/mol. The van der Waals surface area contributed by atoms with Crippen LogP contribution in [-0.2, 0) is 0 Å². The summed E-state index contributed by atoms with van der Waals surface area (Å²) in [5.41, 5.74) is 27.4. The number of hydrogen-bond acceptors (Lipinski definition) is 3. The molecule has 646 valence electrons. The SMILES string of the molecule is [2H]c1c([2H])c([2H])c(-c2c3ccccc3c(-c3ccc4oc5ccc(-c6ccccc6)cc5c4c3)c3ccccc23)c([2H])c1[2H].c1cc(-c2ccc3ccccc3c2)cc(-c2ccc3c(c2)oc2ccc(-c4c5ccccc5c(-c5cccc6ccccc56)c5ccccc45)cc23)c1.c1ccc2cc(-c3c4ccccc4c(-c4ccc5oc6cccc(-c7cccc8ccccc78)c6c5c4)c4ccccc34)ccc2c1. The average molecular weight is 1770 g/mol. The molecule has 0 amide bonds. The highest BCUT2D eigenvalue weighted by Crippen LogP contribution is 2.52. The third-order valence-electron chi connectivity index (χ3n) is 28.4. The summed E-state index contributed by atoms with van der Waals surface area (Å²) in [6.07, 6.45) is 0. The van der Waals surface area contributed by atoms with E-state index in [4.69, 9.17) is 20.1 Å². The normalized spacial score (nSPS) is 12.2. The number of hydrogen-bond donors (Lipinski definition) is 0. The largest absolute Gasteiger partial charge is 0.456 e. The van der Waals surface area contributed by atoms with Gasteiger partial charge in [0.25, 0.3) is 0 Å².